The first kappa shape index (κ1) is 126. The lowest BCUT2D eigenvalue weighted by Gasteiger charge is -2.44. The predicted octanol–water partition coefficient (Wildman–Crippen LogP) is 0.108. The molecule has 3 saturated heterocycles. The molecule has 0 aromatic carbocycles. The highest BCUT2D eigenvalue weighted by atomic mass is 16.7. The normalized spacial score (nSPS) is 20.6. The molecule has 0 saturated carbocycles. The van der Waals surface area contributed by atoms with Gasteiger partial charge in [-0.1, -0.05) is 44.4 Å². The number of terminal acetylenes is 1. The topological polar surface area (TPSA) is 640 Å². The van der Waals surface area contributed by atoms with Crippen LogP contribution in [0.2, 0.25) is 0 Å². The molecule has 0 aromatic heterocycles. The summed E-state index contributed by atoms with van der Waals surface area (Å²) in [4.78, 5) is 250. The lowest BCUT2D eigenvalue weighted by molar-refractivity contribution is -0.277. The van der Waals surface area contributed by atoms with Crippen LogP contribution in [-0.2, 0) is 181 Å². The van der Waals surface area contributed by atoms with Crippen molar-refractivity contribution in [1.82, 2.24) is 58.5 Å². The zero-order valence-electron chi connectivity index (χ0n) is 84.4. The first-order valence-electron chi connectivity index (χ1n) is 48.5. The van der Waals surface area contributed by atoms with E-state index in [4.69, 9.17) is 91.7 Å². The van der Waals surface area contributed by atoms with E-state index in [1.165, 1.54) is 20.8 Å². The van der Waals surface area contributed by atoms with Gasteiger partial charge < -0.3 is 144 Å². The van der Waals surface area contributed by atoms with Gasteiger partial charge in [-0.15, -0.1) is 6.42 Å². The van der Waals surface area contributed by atoms with E-state index < -0.39 is 212 Å². The number of nitrogens with one attached hydrogen (secondary N) is 11. The van der Waals surface area contributed by atoms with Crippen LogP contribution in [0.4, 0.5) is 0 Å². The third-order valence-electron chi connectivity index (χ3n) is 21.4. The van der Waals surface area contributed by atoms with Crippen LogP contribution in [0.1, 0.15) is 244 Å². The van der Waals surface area contributed by atoms with Gasteiger partial charge in [-0.2, -0.15) is 0 Å². The number of rotatable bonds is 73. The number of hydrogen-bond acceptors (Lipinski definition) is 38. The van der Waals surface area contributed by atoms with E-state index in [0.29, 0.717) is 77.0 Å². The van der Waals surface area contributed by atoms with Crippen molar-refractivity contribution in [3.63, 3.8) is 0 Å². The second-order valence-corrected chi connectivity index (χ2v) is 34.3. The molecule has 0 bridgehead atoms. The van der Waals surface area contributed by atoms with E-state index in [1.807, 2.05) is 0 Å². The van der Waals surface area contributed by atoms with E-state index in [9.17, 15) is 95.9 Å². The van der Waals surface area contributed by atoms with E-state index >= 15 is 0 Å². The number of unbranched alkanes of at least 4 members (excludes halogenated alkanes) is 10. The van der Waals surface area contributed by atoms with Crippen LogP contribution < -0.4 is 58.5 Å². The Hall–Kier alpha value is -11.4. The van der Waals surface area contributed by atoms with E-state index in [2.05, 4.69) is 64.4 Å². The van der Waals surface area contributed by atoms with Gasteiger partial charge in [0.05, 0.1) is 46.2 Å². The fourth-order valence-corrected chi connectivity index (χ4v) is 15.0. The van der Waals surface area contributed by atoms with Gasteiger partial charge in [-0.05, 0) is 70.6 Å². The van der Waals surface area contributed by atoms with Crippen LogP contribution in [0.25, 0.3) is 0 Å². The van der Waals surface area contributed by atoms with Crippen LogP contribution in [0.15, 0.2) is 0 Å². The van der Waals surface area contributed by atoms with Crippen LogP contribution in [0.5, 0.6) is 0 Å². The second-order valence-electron chi connectivity index (χ2n) is 34.3. The van der Waals surface area contributed by atoms with Crippen LogP contribution in [-0.4, -0.2) is 341 Å². The predicted molar refractivity (Wildman–Crippen MR) is 499 cm³/mol. The van der Waals surface area contributed by atoms with Crippen molar-refractivity contribution >= 4 is 119 Å². The number of hydrogen-bond donors (Lipinski definition) is 11. The summed E-state index contributed by atoms with van der Waals surface area (Å²) in [7, 11) is 0. The van der Waals surface area contributed by atoms with Crippen LogP contribution in [0.3, 0.4) is 0 Å². The summed E-state index contributed by atoms with van der Waals surface area (Å²) in [5.74, 6) is -8.62. The molecule has 11 amide bonds. The van der Waals surface area contributed by atoms with Crippen molar-refractivity contribution in [1.29, 1.82) is 0 Å². The van der Waals surface area contributed by atoms with Crippen molar-refractivity contribution in [3.05, 3.63) is 0 Å². The quantitative estimate of drug-likeness (QED) is 0.0167. The Labute approximate surface area is 833 Å². The fourth-order valence-electron chi connectivity index (χ4n) is 15.0. The Morgan fingerprint density at radius 1 is 0.266 bits per heavy atom. The number of carbonyl (C=O) groups excluding carboxylic acids is 20. The maximum absolute atomic E-state index is 14.1. The molecule has 3 rings (SSSR count). The van der Waals surface area contributed by atoms with Gasteiger partial charge in [0, 0.05) is 194 Å². The highest BCUT2D eigenvalue weighted by Crippen LogP contribution is 2.32. The Morgan fingerprint density at radius 3 is 0.741 bits per heavy atom. The molecule has 0 aliphatic carbocycles. The summed E-state index contributed by atoms with van der Waals surface area (Å²) in [6, 6.07) is -3.53. The number of amides is 11. The lowest BCUT2D eigenvalue weighted by atomic mass is 9.96. The van der Waals surface area contributed by atoms with Crippen molar-refractivity contribution in [2.24, 2.45) is 0 Å². The summed E-state index contributed by atoms with van der Waals surface area (Å²) < 4.78 is 103. The van der Waals surface area contributed by atoms with Gasteiger partial charge in [0.15, 0.2) is 55.5 Å². The van der Waals surface area contributed by atoms with E-state index in [1.54, 1.807) is 0 Å². The van der Waals surface area contributed by atoms with Gasteiger partial charge in [0.1, 0.15) is 61.8 Å². The van der Waals surface area contributed by atoms with Crippen LogP contribution >= 0.6 is 0 Å². The number of carbonyl (C=O) groups is 20. The molecule has 3 heterocycles. The zero-order chi connectivity index (χ0) is 106. The standard InChI is InChI=1S/C94H151N11O38/c1-14-40-95-74(118)32-21-19-17-15-16-18-20-22-36-81(125)105-94(56-126-50-37-78(122)99-44-29-41-96-75(119)33-23-26-47-129-91-82(102-59(2)106)88(138-68(11)115)85(135-65(8)112)71(141-91)53-132-62(5)109,57-127-51-38-79(123)100-45-30-42-97-76(120)34-24-27-48-130-92-83(103-60(3)107)89(139-69(12)116)86(136-66(9)113)72(142-92)54-133-63(6)110)58-128-52-39-80(124)101-46-31-43-98-77(121)35-25-28-49-131-93-84(104-61(4)108)90(140-70(13)117)87(137-67(10)114)73(143-93)55-134-64(7)111/h1,71-73,82-93H,15-58H2,2-13H3,(H,95,118)(H,96,119)(H,97,120)(H,98,121)(H,99,122)(H,100,123)(H,101,124)(H,102,106)(H,103,107)(H,104,108)(H,105,125)/t71-,72-,73-,82-,83-,84-,85+,86+,87+,88-,89-,90-,91-,92-,93-/m1/s1. The first-order chi connectivity index (χ1) is 68.1. The second kappa shape index (κ2) is 72.8. The Morgan fingerprint density at radius 2 is 0.497 bits per heavy atom. The Kier molecular flexibility index (Phi) is 64.0. The third-order valence-corrected chi connectivity index (χ3v) is 21.4. The molecule has 3 fully saturated rings. The maximum Gasteiger partial charge on any atom is 0.303 e. The van der Waals surface area contributed by atoms with Gasteiger partial charge in [0.25, 0.3) is 0 Å². The molecular formula is C94H151N11O38. The Bertz CT molecular complexity index is 3720. The molecule has 49 heteroatoms. The van der Waals surface area contributed by atoms with Crippen molar-refractivity contribution < 1.29 is 181 Å². The van der Waals surface area contributed by atoms with Gasteiger partial charge >= 0.3 is 53.7 Å². The van der Waals surface area contributed by atoms with Crippen molar-refractivity contribution in [2.75, 3.05) is 125 Å². The minimum Gasteiger partial charge on any atom is -0.463 e. The van der Waals surface area contributed by atoms with Crippen LogP contribution in [0, 0.1) is 12.3 Å². The maximum atomic E-state index is 14.1. The minimum absolute atomic E-state index is 0.0166. The summed E-state index contributed by atoms with van der Waals surface area (Å²) in [6.07, 6.45) is -0.616. The molecule has 0 radical (unpaired) electrons. The third kappa shape index (κ3) is 57.6. The summed E-state index contributed by atoms with van der Waals surface area (Å²) in [6.45, 7) is 12.3. The van der Waals surface area contributed by atoms with Gasteiger partial charge in [-0.25, -0.2) is 0 Å². The minimum atomic E-state index is -1.48. The molecule has 0 unspecified atom stereocenters. The number of esters is 9. The molecular weight excluding hydrogens is 1890 g/mol. The average Bonchev–Trinajstić information content (AvgIpc) is 0.793. The largest absolute Gasteiger partial charge is 0.463 e. The highest BCUT2D eigenvalue weighted by molar-refractivity contribution is 5.81. The van der Waals surface area contributed by atoms with Gasteiger partial charge in [-0.3, -0.25) is 95.9 Å². The van der Waals surface area contributed by atoms with E-state index in [0.717, 1.165) is 101 Å². The first-order valence-corrected chi connectivity index (χ1v) is 48.5. The molecule has 810 valence electrons. The fraction of sp³-hybridized carbons (Fsp3) is 0.766. The SMILES string of the molecule is C#CCNC(=O)CCCCCCCCCCC(=O)NC(COCCC(=O)NCCCNC(=O)CCCCO[C@@H]1O[C@H](COC(C)=O)[C@H](OC(C)=O)[C@H](OC(C)=O)[C@H]1NC(C)=O)(COCCC(=O)NCCCNC(=O)CCCCO[C@@H]1O[C@H](COC(C)=O)[C@H](OC(C)=O)[C@H](OC(C)=O)[C@H]1NC(C)=O)COCCC(=O)NCCCNC(=O)CCCCO[C@@H]1O[C@H](COC(C)=O)[C@H](OC(C)=O)[C@H](OC(C)=O)[C@H]1NC(C)=O. The molecule has 3 aliphatic heterocycles. The van der Waals surface area contributed by atoms with Crippen molar-refractivity contribution in [2.45, 2.75) is 341 Å². The Balaban J connectivity index is 1.69. The highest BCUT2D eigenvalue weighted by Gasteiger charge is 2.55. The summed E-state index contributed by atoms with van der Waals surface area (Å²) >= 11 is 0. The molecule has 15 atom stereocenters. The molecule has 11 N–H and O–H groups in total. The van der Waals surface area contributed by atoms with Crippen molar-refractivity contribution in [3.8, 4) is 12.3 Å². The van der Waals surface area contributed by atoms with Gasteiger partial charge in [0.2, 0.25) is 65.0 Å². The molecule has 49 nitrogen and oxygen atoms in total. The lowest BCUT2D eigenvalue weighted by Crippen LogP contribution is -2.66. The molecule has 143 heavy (non-hydrogen) atoms. The number of ether oxygens (including phenoxy) is 18. The molecule has 0 aromatic rings. The average molecular weight is 2040 g/mol. The zero-order valence-corrected chi connectivity index (χ0v) is 84.4. The molecule has 3 aliphatic rings. The summed E-state index contributed by atoms with van der Waals surface area (Å²) in [5, 5.41) is 30.4. The molecule has 0 spiro atoms. The van der Waals surface area contributed by atoms with E-state index in [-0.39, 0.29) is 174 Å². The smallest absolute Gasteiger partial charge is 0.303 e. The summed E-state index contributed by atoms with van der Waals surface area (Å²) in [5.41, 5.74) is -1.48. The monoisotopic (exact) mass is 2040 g/mol.